The molecule has 3 heteroatoms. The first-order valence-corrected chi connectivity index (χ1v) is 6.39. The summed E-state index contributed by atoms with van der Waals surface area (Å²) in [4.78, 5) is 22.2. The van der Waals surface area contributed by atoms with Crippen molar-refractivity contribution in [1.82, 2.24) is 0 Å². The van der Waals surface area contributed by atoms with E-state index in [0.717, 1.165) is 18.4 Å². The minimum absolute atomic E-state index is 0.261. The number of ether oxygens (including phenoxy) is 1. The summed E-state index contributed by atoms with van der Waals surface area (Å²) in [5, 5.41) is 0. The van der Waals surface area contributed by atoms with Gasteiger partial charge in [0.1, 0.15) is 12.4 Å². The zero-order valence-corrected chi connectivity index (χ0v) is 10.6. The third-order valence-corrected chi connectivity index (χ3v) is 3.47. The van der Waals surface area contributed by atoms with E-state index in [1.54, 1.807) is 0 Å². The fraction of sp³-hybridized carbons (Fsp3) is 0.467. The number of hydrogen-bond acceptors (Lipinski definition) is 3. The third kappa shape index (κ3) is 3.19. The maximum Gasteiger partial charge on any atom is 0.302 e. The van der Waals surface area contributed by atoms with Gasteiger partial charge in [-0.1, -0.05) is 24.3 Å². The molecule has 0 atom stereocenters. The van der Waals surface area contributed by atoms with Crippen LogP contribution in [0, 0.1) is 0 Å². The first-order valence-electron chi connectivity index (χ1n) is 6.39. The highest BCUT2D eigenvalue weighted by Crippen LogP contribution is 2.33. The lowest BCUT2D eigenvalue weighted by Crippen LogP contribution is -2.14. The second-order valence-corrected chi connectivity index (χ2v) is 4.79. The van der Waals surface area contributed by atoms with Gasteiger partial charge in [-0.3, -0.25) is 9.59 Å². The lowest BCUT2D eigenvalue weighted by Gasteiger charge is -2.23. The van der Waals surface area contributed by atoms with E-state index in [-0.39, 0.29) is 5.97 Å². The fourth-order valence-corrected chi connectivity index (χ4v) is 2.49. The maximum atomic E-state index is 11.3. The molecular formula is C15H18O3. The van der Waals surface area contributed by atoms with Crippen LogP contribution in [0.25, 0.3) is 0 Å². The Morgan fingerprint density at radius 2 is 1.94 bits per heavy atom. The Hall–Kier alpha value is -1.64. The molecule has 2 rings (SSSR count). The van der Waals surface area contributed by atoms with Crippen LogP contribution in [0.5, 0.6) is 0 Å². The molecule has 18 heavy (non-hydrogen) atoms. The molecule has 1 saturated carbocycles. The van der Waals surface area contributed by atoms with Gasteiger partial charge >= 0.3 is 5.97 Å². The van der Waals surface area contributed by atoms with Crippen molar-refractivity contribution in [3.05, 3.63) is 35.4 Å². The summed E-state index contributed by atoms with van der Waals surface area (Å²) in [5.41, 5.74) is 2.29. The Balaban J connectivity index is 2.11. The van der Waals surface area contributed by atoms with E-state index in [0.29, 0.717) is 31.1 Å². The molecule has 0 unspecified atom stereocenters. The van der Waals surface area contributed by atoms with Gasteiger partial charge in [0.15, 0.2) is 0 Å². The Morgan fingerprint density at radius 1 is 1.28 bits per heavy atom. The highest BCUT2D eigenvalue weighted by atomic mass is 16.5. The number of ketones is 1. The average molecular weight is 246 g/mol. The van der Waals surface area contributed by atoms with Gasteiger partial charge in [-0.25, -0.2) is 0 Å². The van der Waals surface area contributed by atoms with E-state index in [9.17, 15) is 9.59 Å². The zero-order valence-electron chi connectivity index (χ0n) is 10.6. The number of benzene rings is 1. The van der Waals surface area contributed by atoms with Crippen molar-refractivity contribution in [2.75, 3.05) is 0 Å². The van der Waals surface area contributed by atoms with Crippen molar-refractivity contribution in [2.45, 2.75) is 45.1 Å². The zero-order chi connectivity index (χ0) is 13.0. The SMILES string of the molecule is CC(=O)OCc1ccccc1C1CCC(=O)CC1. The first kappa shape index (κ1) is 12.8. The number of rotatable bonds is 3. The number of esters is 1. The van der Waals surface area contributed by atoms with Crippen LogP contribution in [0.3, 0.4) is 0 Å². The van der Waals surface area contributed by atoms with Crippen LogP contribution >= 0.6 is 0 Å². The molecule has 0 N–H and O–H groups in total. The summed E-state index contributed by atoms with van der Waals surface area (Å²) in [6.45, 7) is 1.75. The van der Waals surface area contributed by atoms with Crippen molar-refractivity contribution in [2.24, 2.45) is 0 Å². The Labute approximate surface area is 107 Å². The van der Waals surface area contributed by atoms with Crippen molar-refractivity contribution in [3.63, 3.8) is 0 Å². The molecule has 3 nitrogen and oxygen atoms in total. The van der Waals surface area contributed by atoms with Crippen LogP contribution in [-0.4, -0.2) is 11.8 Å². The highest BCUT2D eigenvalue weighted by molar-refractivity contribution is 5.79. The van der Waals surface area contributed by atoms with Crippen molar-refractivity contribution >= 4 is 11.8 Å². The van der Waals surface area contributed by atoms with E-state index in [4.69, 9.17) is 4.74 Å². The van der Waals surface area contributed by atoms with Crippen LogP contribution in [0.2, 0.25) is 0 Å². The molecule has 0 aromatic heterocycles. The number of carbonyl (C=O) groups is 2. The number of Topliss-reactive ketones (excluding diaryl/α,β-unsaturated/α-hetero) is 1. The second-order valence-electron chi connectivity index (χ2n) is 4.79. The quantitative estimate of drug-likeness (QED) is 0.770. The summed E-state index contributed by atoms with van der Waals surface area (Å²) in [6, 6.07) is 8.04. The predicted molar refractivity (Wildman–Crippen MR) is 68.1 cm³/mol. The molecular weight excluding hydrogens is 228 g/mol. The van der Waals surface area contributed by atoms with Crippen LogP contribution in [0.1, 0.15) is 49.7 Å². The average Bonchev–Trinajstić information content (AvgIpc) is 2.38. The smallest absolute Gasteiger partial charge is 0.302 e. The van der Waals surface area contributed by atoms with Gasteiger partial charge in [0.05, 0.1) is 0 Å². The van der Waals surface area contributed by atoms with Crippen LogP contribution < -0.4 is 0 Å². The Morgan fingerprint density at radius 3 is 2.61 bits per heavy atom. The second kappa shape index (κ2) is 5.80. The van der Waals surface area contributed by atoms with Gasteiger partial charge in [-0.15, -0.1) is 0 Å². The van der Waals surface area contributed by atoms with Gasteiger partial charge in [-0.05, 0) is 29.9 Å². The molecule has 0 aliphatic heterocycles. The molecule has 0 heterocycles. The largest absolute Gasteiger partial charge is 0.461 e. The molecule has 0 bridgehead atoms. The molecule has 1 aromatic carbocycles. The summed E-state index contributed by atoms with van der Waals surface area (Å²) < 4.78 is 5.07. The minimum Gasteiger partial charge on any atom is -0.461 e. The first-order chi connectivity index (χ1) is 8.66. The standard InChI is InChI=1S/C15H18O3/c1-11(16)18-10-13-4-2-3-5-15(13)12-6-8-14(17)9-7-12/h2-5,12H,6-10H2,1H3. The van der Waals surface area contributed by atoms with Gasteiger partial charge in [0.25, 0.3) is 0 Å². The van der Waals surface area contributed by atoms with Gasteiger partial charge < -0.3 is 4.74 Å². The molecule has 0 radical (unpaired) electrons. The molecule has 1 aliphatic carbocycles. The molecule has 0 spiro atoms. The van der Waals surface area contributed by atoms with Crippen molar-refractivity contribution in [1.29, 1.82) is 0 Å². The summed E-state index contributed by atoms with van der Waals surface area (Å²) in [6.07, 6.45) is 3.17. The lowest BCUT2D eigenvalue weighted by atomic mass is 9.82. The van der Waals surface area contributed by atoms with Gasteiger partial charge in [0.2, 0.25) is 0 Å². The normalized spacial score (nSPS) is 16.6. The van der Waals surface area contributed by atoms with E-state index in [1.807, 2.05) is 18.2 Å². The molecule has 1 fully saturated rings. The van der Waals surface area contributed by atoms with Crippen molar-refractivity contribution < 1.29 is 14.3 Å². The van der Waals surface area contributed by atoms with E-state index in [1.165, 1.54) is 12.5 Å². The monoisotopic (exact) mass is 246 g/mol. The van der Waals surface area contributed by atoms with E-state index >= 15 is 0 Å². The van der Waals surface area contributed by atoms with Gasteiger partial charge in [-0.2, -0.15) is 0 Å². The minimum atomic E-state index is -0.261. The van der Waals surface area contributed by atoms with Gasteiger partial charge in [0, 0.05) is 19.8 Å². The van der Waals surface area contributed by atoms with E-state index < -0.39 is 0 Å². The summed E-state index contributed by atoms with van der Waals surface area (Å²) in [5.74, 6) is 0.529. The van der Waals surface area contributed by atoms with Crippen LogP contribution in [-0.2, 0) is 20.9 Å². The molecule has 96 valence electrons. The van der Waals surface area contributed by atoms with Crippen LogP contribution in [0.4, 0.5) is 0 Å². The molecule has 0 saturated heterocycles. The van der Waals surface area contributed by atoms with Crippen molar-refractivity contribution in [3.8, 4) is 0 Å². The highest BCUT2D eigenvalue weighted by Gasteiger charge is 2.22. The maximum absolute atomic E-state index is 11.3. The fourth-order valence-electron chi connectivity index (χ4n) is 2.49. The third-order valence-electron chi connectivity index (χ3n) is 3.47. The van der Waals surface area contributed by atoms with E-state index in [2.05, 4.69) is 6.07 Å². The predicted octanol–water partition coefficient (Wildman–Crippen LogP) is 2.98. The molecule has 0 amide bonds. The number of hydrogen-bond donors (Lipinski definition) is 0. The topological polar surface area (TPSA) is 43.4 Å². The summed E-state index contributed by atoms with van der Waals surface area (Å²) >= 11 is 0. The molecule has 1 aromatic rings. The number of carbonyl (C=O) groups excluding carboxylic acids is 2. The molecule has 1 aliphatic rings. The Bertz CT molecular complexity index is 441. The Kier molecular flexibility index (Phi) is 4.13. The van der Waals surface area contributed by atoms with Crippen LogP contribution in [0.15, 0.2) is 24.3 Å². The summed E-state index contributed by atoms with van der Waals surface area (Å²) in [7, 11) is 0. The lowest BCUT2D eigenvalue weighted by molar-refractivity contribution is -0.142.